The van der Waals surface area contributed by atoms with E-state index in [9.17, 15) is 9.59 Å². The predicted octanol–water partition coefficient (Wildman–Crippen LogP) is -0.0143. The number of carboxylic acids is 1. The van der Waals surface area contributed by atoms with Crippen molar-refractivity contribution in [3.63, 3.8) is 0 Å². The third kappa shape index (κ3) is 1.17. The summed E-state index contributed by atoms with van der Waals surface area (Å²) < 4.78 is 0. The van der Waals surface area contributed by atoms with E-state index in [2.05, 4.69) is 5.32 Å². The Morgan fingerprint density at radius 1 is 1.50 bits per heavy atom. The van der Waals surface area contributed by atoms with Crippen molar-refractivity contribution in [1.82, 2.24) is 5.32 Å². The molecule has 0 aromatic rings. The first-order valence-corrected chi connectivity index (χ1v) is 4.20. The van der Waals surface area contributed by atoms with Gasteiger partial charge < -0.3 is 10.4 Å². The van der Waals surface area contributed by atoms with Crippen molar-refractivity contribution in [2.45, 2.75) is 25.3 Å². The molecule has 1 aliphatic carbocycles. The minimum atomic E-state index is -0.842. The maximum absolute atomic E-state index is 10.9. The molecule has 1 saturated carbocycles. The Kier molecular flexibility index (Phi) is 1.56. The first-order valence-electron chi connectivity index (χ1n) is 4.20. The van der Waals surface area contributed by atoms with Crippen LogP contribution in [0.4, 0.5) is 0 Å². The molecule has 1 heterocycles. The summed E-state index contributed by atoms with van der Waals surface area (Å²) in [6.45, 7) is 0. The van der Waals surface area contributed by atoms with Crippen LogP contribution in [0.3, 0.4) is 0 Å². The van der Waals surface area contributed by atoms with Crippen LogP contribution in [0.1, 0.15) is 19.3 Å². The largest absolute Gasteiger partial charge is 0.481 e. The zero-order valence-electron chi connectivity index (χ0n) is 6.62. The summed E-state index contributed by atoms with van der Waals surface area (Å²) in [6.07, 6.45) is 2.29. The van der Waals surface area contributed by atoms with E-state index < -0.39 is 11.9 Å². The average Bonchev–Trinajstić information content (AvgIpc) is 2.75. The number of nitrogens with one attached hydrogen (secondary N) is 1. The molecule has 66 valence electrons. The Labute approximate surface area is 69.9 Å². The van der Waals surface area contributed by atoms with Gasteiger partial charge in [-0.3, -0.25) is 9.59 Å². The van der Waals surface area contributed by atoms with E-state index in [1.807, 2.05) is 0 Å². The first-order chi connectivity index (χ1) is 5.68. The van der Waals surface area contributed by atoms with Crippen LogP contribution in [-0.4, -0.2) is 23.0 Å². The average molecular weight is 169 g/mol. The van der Waals surface area contributed by atoms with E-state index in [1.165, 1.54) is 0 Å². The zero-order valence-corrected chi connectivity index (χ0v) is 6.62. The number of carboxylic acid groups (broad SMARTS) is 1. The summed E-state index contributed by atoms with van der Waals surface area (Å²) in [4.78, 5) is 21.6. The van der Waals surface area contributed by atoms with Gasteiger partial charge in [0.05, 0.1) is 5.92 Å². The SMILES string of the molecule is O=C1CC(C(=O)O)C(C2CC2)N1. The number of rotatable bonds is 2. The van der Waals surface area contributed by atoms with Crippen molar-refractivity contribution in [1.29, 1.82) is 0 Å². The Morgan fingerprint density at radius 3 is 2.67 bits per heavy atom. The maximum atomic E-state index is 10.9. The van der Waals surface area contributed by atoms with E-state index in [0.29, 0.717) is 5.92 Å². The van der Waals surface area contributed by atoms with E-state index in [-0.39, 0.29) is 18.4 Å². The normalized spacial score (nSPS) is 34.8. The zero-order chi connectivity index (χ0) is 8.72. The van der Waals surface area contributed by atoms with Gasteiger partial charge in [0.15, 0.2) is 0 Å². The summed E-state index contributed by atoms with van der Waals surface area (Å²) in [5, 5.41) is 11.5. The van der Waals surface area contributed by atoms with Crippen molar-refractivity contribution >= 4 is 11.9 Å². The Balaban J connectivity index is 2.09. The van der Waals surface area contributed by atoms with Crippen LogP contribution in [0, 0.1) is 11.8 Å². The molecule has 1 saturated heterocycles. The Bertz CT molecular complexity index is 234. The Morgan fingerprint density at radius 2 is 2.17 bits per heavy atom. The van der Waals surface area contributed by atoms with E-state index in [0.717, 1.165) is 12.8 Å². The fourth-order valence-electron chi connectivity index (χ4n) is 1.81. The van der Waals surface area contributed by atoms with Crippen molar-refractivity contribution in [2.24, 2.45) is 11.8 Å². The standard InChI is InChI=1S/C8H11NO3/c10-6-3-5(8(11)12)7(9-6)4-1-2-4/h4-5,7H,1-3H2,(H,9,10)(H,11,12). The van der Waals surface area contributed by atoms with Crippen LogP contribution in [0.2, 0.25) is 0 Å². The van der Waals surface area contributed by atoms with Crippen molar-refractivity contribution in [3.8, 4) is 0 Å². The van der Waals surface area contributed by atoms with Gasteiger partial charge in [-0.15, -0.1) is 0 Å². The molecule has 4 nitrogen and oxygen atoms in total. The number of aliphatic carboxylic acids is 1. The molecule has 1 amide bonds. The molecule has 2 rings (SSSR count). The lowest BCUT2D eigenvalue weighted by atomic mass is 9.97. The molecule has 0 spiro atoms. The van der Waals surface area contributed by atoms with Gasteiger partial charge >= 0.3 is 5.97 Å². The molecule has 2 aliphatic rings. The minimum Gasteiger partial charge on any atom is -0.481 e. The number of hydrogen-bond donors (Lipinski definition) is 2. The predicted molar refractivity (Wildman–Crippen MR) is 40.4 cm³/mol. The number of hydrogen-bond acceptors (Lipinski definition) is 2. The van der Waals surface area contributed by atoms with Crippen LogP contribution < -0.4 is 5.32 Å². The van der Waals surface area contributed by atoms with Gasteiger partial charge in [-0.2, -0.15) is 0 Å². The molecule has 0 aromatic heterocycles. The van der Waals surface area contributed by atoms with Gasteiger partial charge in [-0.1, -0.05) is 0 Å². The number of carbonyl (C=O) groups is 2. The first kappa shape index (κ1) is 7.58. The number of carbonyl (C=O) groups excluding carboxylic acids is 1. The molecule has 1 aliphatic heterocycles. The van der Waals surface area contributed by atoms with Crippen molar-refractivity contribution in [2.75, 3.05) is 0 Å². The van der Waals surface area contributed by atoms with Gasteiger partial charge in [0, 0.05) is 12.5 Å². The summed E-state index contributed by atoms with van der Waals surface area (Å²) in [7, 11) is 0. The Hall–Kier alpha value is -1.06. The minimum absolute atomic E-state index is 0.0880. The van der Waals surface area contributed by atoms with E-state index in [1.54, 1.807) is 0 Å². The molecule has 12 heavy (non-hydrogen) atoms. The smallest absolute Gasteiger partial charge is 0.309 e. The van der Waals surface area contributed by atoms with Crippen LogP contribution in [-0.2, 0) is 9.59 Å². The number of amides is 1. The lowest BCUT2D eigenvalue weighted by Gasteiger charge is -2.13. The molecule has 0 bridgehead atoms. The molecular weight excluding hydrogens is 158 g/mol. The molecule has 4 heteroatoms. The summed E-state index contributed by atoms with van der Waals surface area (Å²) in [5.74, 6) is -1.01. The topological polar surface area (TPSA) is 66.4 Å². The second-order valence-electron chi connectivity index (χ2n) is 3.58. The fraction of sp³-hybridized carbons (Fsp3) is 0.750. The highest BCUT2D eigenvalue weighted by Gasteiger charge is 2.45. The molecule has 0 radical (unpaired) electrons. The second-order valence-corrected chi connectivity index (χ2v) is 3.58. The lowest BCUT2D eigenvalue weighted by molar-refractivity contribution is -0.142. The van der Waals surface area contributed by atoms with Gasteiger partial charge in [0.2, 0.25) is 5.91 Å². The van der Waals surface area contributed by atoms with E-state index >= 15 is 0 Å². The van der Waals surface area contributed by atoms with Crippen LogP contribution in [0.5, 0.6) is 0 Å². The van der Waals surface area contributed by atoms with Crippen LogP contribution in [0.25, 0.3) is 0 Å². The highest BCUT2D eigenvalue weighted by molar-refractivity contribution is 5.87. The summed E-state index contributed by atoms with van der Waals surface area (Å²) >= 11 is 0. The molecule has 2 atom stereocenters. The van der Waals surface area contributed by atoms with Crippen molar-refractivity contribution < 1.29 is 14.7 Å². The fourth-order valence-corrected chi connectivity index (χ4v) is 1.81. The molecule has 2 fully saturated rings. The molecule has 2 N–H and O–H groups in total. The lowest BCUT2D eigenvalue weighted by Crippen LogP contribution is -2.34. The van der Waals surface area contributed by atoms with Crippen molar-refractivity contribution in [3.05, 3.63) is 0 Å². The monoisotopic (exact) mass is 169 g/mol. The van der Waals surface area contributed by atoms with Gasteiger partial charge in [-0.05, 0) is 18.8 Å². The third-order valence-corrected chi connectivity index (χ3v) is 2.61. The van der Waals surface area contributed by atoms with E-state index in [4.69, 9.17) is 5.11 Å². The summed E-state index contributed by atoms with van der Waals surface area (Å²) in [5.41, 5.74) is 0. The van der Waals surface area contributed by atoms with Gasteiger partial charge in [0.25, 0.3) is 0 Å². The molecule has 2 unspecified atom stereocenters. The van der Waals surface area contributed by atoms with Gasteiger partial charge in [-0.25, -0.2) is 0 Å². The second kappa shape index (κ2) is 2.47. The highest BCUT2D eigenvalue weighted by atomic mass is 16.4. The maximum Gasteiger partial charge on any atom is 0.309 e. The molecule has 0 aromatic carbocycles. The van der Waals surface area contributed by atoms with Crippen LogP contribution in [0.15, 0.2) is 0 Å². The quantitative estimate of drug-likeness (QED) is 0.610. The van der Waals surface area contributed by atoms with Gasteiger partial charge in [0.1, 0.15) is 0 Å². The third-order valence-electron chi connectivity index (χ3n) is 2.61. The highest BCUT2D eigenvalue weighted by Crippen LogP contribution is 2.38. The van der Waals surface area contributed by atoms with Crippen LogP contribution >= 0.6 is 0 Å². The molecular formula is C8H11NO3. The summed E-state index contributed by atoms with van der Waals surface area (Å²) in [6, 6.07) is -0.0880.